The topological polar surface area (TPSA) is 41.8 Å². The number of imidazole rings is 1. The molecular weight excluding hydrogens is 284 g/mol. The number of nitrogens with one attached hydrogen (secondary N) is 1. The van der Waals surface area contributed by atoms with Crippen LogP contribution in [0.15, 0.2) is 11.6 Å². The molecule has 0 spiro atoms. The molecule has 5 nitrogen and oxygen atoms in total. The Morgan fingerprint density at radius 2 is 2.19 bits per heavy atom. The minimum absolute atomic E-state index is 0.403. The van der Waals surface area contributed by atoms with Crippen LogP contribution in [-0.2, 0) is 11.3 Å². The summed E-state index contributed by atoms with van der Waals surface area (Å²) in [5, 5.41) is 5.63. The minimum atomic E-state index is 0.403. The predicted octanol–water partition coefficient (Wildman–Crippen LogP) is 2.26. The van der Waals surface area contributed by atoms with E-state index in [9.17, 15) is 0 Å². The number of fused-ring (bicyclic) bond motifs is 3. The third kappa shape index (κ3) is 2.45. The monoisotopic (exact) mass is 306 g/mol. The van der Waals surface area contributed by atoms with E-state index in [4.69, 9.17) is 9.72 Å². The van der Waals surface area contributed by atoms with Gasteiger partial charge in [-0.1, -0.05) is 6.92 Å². The number of morpholine rings is 1. The summed E-state index contributed by atoms with van der Waals surface area (Å²) in [6, 6.07) is 0. The minimum Gasteiger partial charge on any atom is -0.371 e. The highest BCUT2D eigenvalue weighted by atomic mass is 32.1. The van der Waals surface area contributed by atoms with Gasteiger partial charge >= 0.3 is 0 Å². The first-order valence-corrected chi connectivity index (χ1v) is 8.78. The van der Waals surface area contributed by atoms with Gasteiger partial charge in [0, 0.05) is 31.2 Å². The summed E-state index contributed by atoms with van der Waals surface area (Å²) in [7, 11) is 0. The van der Waals surface area contributed by atoms with Gasteiger partial charge in [0.2, 0.25) is 0 Å². The Morgan fingerprint density at radius 3 is 2.95 bits per heavy atom. The Labute approximate surface area is 128 Å². The number of anilines is 1. The largest absolute Gasteiger partial charge is 0.371 e. The summed E-state index contributed by atoms with van der Waals surface area (Å²) in [4.78, 5) is 8.42. The lowest BCUT2D eigenvalue weighted by molar-refractivity contribution is 0.0302. The smallest absolute Gasteiger partial charge is 0.195 e. The lowest BCUT2D eigenvalue weighted by Crippen LogP contribution is -2.43. The highest BCUT2D eigenvalue weighted by molar-refractivity contribution is 7.15. The van der Waals surface area contributed by atoms with Crippen molar-refractivity contribution < 1.29 is 4.74 Å². The number of ether oxygens (including phenoxy) is 1. The maximum Gasteiger partial charge on any atom is 0.195 e. The van der Waals surface area contributed by atoms with E-state index in [-0.39, 0.29) is 0 Å². The molecule has 2 aromatic heterocycles. The van der Waals surface area contributed by atoms with Gasteiger partial charge in [-0.25, -0.2) is 4.98 Å². The summed E-state index contributed by atoms with van der Waals surface area (Å²) in [5.74, 6) is 1.16. The SMILES string of the molecule is CCCNCc1c(N2CC3CCC(C2)O3)nc2sccn12. The molecule has 2 aliphatic rings. The van der Waals surface area contributed by atoms with Crippen molar-refractivity contribution in [1.82, 2.24) is 14.7 Å². The highest BCUT2D eigenvalue weighted by Crippen LogP contribution is 2.32. The molecule has 2 aliphatic heterocycles. The number of aromatic nitrogens is 2. The van der Waals surface area contributed by atoms with E-state index in [1.54, 1.807) is 11.3 Å². The predicted molar refractivity (Wildman–Crippen MR) is 85.2 cm³/mol. The van der Waals surface area contributed by atoms with Crippen LogP contribution in [0.1, 0.15) is 31.9 Å². The summed E-state index contributed by atoms with van der Waals surface area (Å²) < 4.78 is 8.19. The third-order valence-corrected chi connectivity index (χ3v) is 5.16. The Bertz CT molecular complexity index is 610. The second-order valence-corrected chi connectivity index (χ2v) is 6.85. The zero-order valence-electron chi connectivity index (χ0n) is 12.4. The Morgan fingerprint density at radius 1 is 1.38 bits per heavy atom. The molecule has 1 N–H and O–H groups in total. The summed E-state index contributed by atoms with van der Waals surface area (Å²) in [6.45, 7) is 6.10. The van der Waals surface area contributed by atoms with E-state index >= 15 is 0 Å². The third-order valence-electron chi connectivity index (χ3n) is 4.40. The number of hydrogen-bond acceptors (Lipinski definition) is 5. The fourth-order valence-corrected chi connectivity index (χ4v) is 4.14. The molecule has 2 unspecified atom stereocenters. The van der Waals surface area contributed by atoms with Crippen molar-refractivity contribution in [3.8, 4) is 0 Å². The molecule has 114 valence electrons. The lowest BCUT2D eigenvalue weighted by Gasteiger charge is -2.33. The molecule has 21 heavy (non-hydrogen) atoms. The normalized spacial score (nSPS) is 25.1. The molecule has 0 saturated carbocycles. The number of nitrogens with zero attached hydrogens (tertiary/aromatic N) is 3. The summed E-state index contributed by atoms with van der Waals surface area (Å²) >= 11 is 1.71. The van der Waals surface area contributed by atoms with Crippen LogP contribution in [0.3, 0.4) is 0 Å². The summed E-state index contributed by atoms with van der Waals surface area (Å²) in [6.07, 6.45) is 6.50. The lowest BCUT2D eigenvalue weighted by atomic mass is 10.2. The van der Waals surface area contributed by atoms with Crippen LogP contribution in [0.4, 0.5) is 5.82 Å². The van der Waals surface area contributed by atoms with Gasteiger partial charge in [-0.05, 0) is 25.8 Å². The quantitative estimate of drug-likeness (QED) is 0.861. The van der Waals surface area contributed by atoms with E-state index in [1.165, 1.54) is 18.5 Å². The molecule has 0 amide bonds. The molecule has 0 aliphatic carbocycles. The van der Waals surface area contributed by atoms with Crippen LogP contribution in [0.25, 0.3) is 4.96 Å². The van der Waals surface area contributed by atoms with Crippen molar-refractivity contribution in [2.24, 2.45) is 0 Å². The van der Waals surface area contributed by atoms with Crippen LogP contribution < -0.4 is 10.2 Å². The first kappa shape index (κ1) is 13.5. The van der Waals surface area contributed by atoms with Crippen LogP contribution in [-0.4, -0.2) is 41.2 Å². The van der Waals surface area contributed by atoms with Gasteiger partial charge in [0.15, 0.2) is 10.8 Å². The van der Waals surface area contributed by atoms with Crippen LogP contribution in [0.2, 0.25) is 0 Å². The van der Waals surface area contributed by atoms with Gasteiger partial charge in [0.1, 0.15) is 0 Å². The average molecular weight is 306 g/mol. The molecule has 0 aromatic carbocycles. The summed E-state index contributed by atoms with van der Waals surface area (Å²) in [5.41, 5.74) is 1.29. The van der Waals surface area contributed by atoms with Gasteiger partial charge in [0.25, 0.3) is 0 Å². The molecule has 0 radical (unpaired) electrons. The molecule has 2 bridgehead atoms. The highest BCUT2D eigenvalue weighted by Gasteiger charge is 2.35. The Hall–Kier alpha value is -1.11. The maximum atomic E-state index is 5.95. The Kier molecular flexibility index (Phi) is 3.61. The zero-order valence-corrected chi connectivity index (χ0v) is 13.2. The molecule has 2 atom stereocenters. The molecule has 4 heterocycles. The van der Waals surface area contributed by atoms with Gasteiger partial charge in [-0.3, -0.25) is 4.40 Å². The van der Waals surface area contributed by atoms with Crippen molar-refractivity contribution in [2.45, 2.75) is 44.9 Å². The van der Waals surface area contributed by atoms with Crippen molar-refractivity contribution >= 4 is 22.1 Å². The van der Waals surface area contributed by atoms with E-state index in [2.05, 4.69) is 33.1 Å². The fraction of sp³-hybridized carbons (Fsp3) is 0.667. The zero-order chi connectivity index (χ0) is 14.2. The van der Waals surface area contributed by atoms with Crippen molar-refractivity contribution in [1.29, 1.82) is 0 Å². The second kappa shape index (κ2) is 5.59. The van der Waals surface area contributed by atoms with Crippen LogP contribution >= 0.6 is 11.3 Å². The molecule has 2 aromatic rings. The van der Waals surface area contributed by atoms with E-state index in [0.717, 1.165) is 43.4 Å². The van der Waals surface area contributed by atoms with Crippen molar-refractivity contribution in [3.63, 3.8) is 0 Å². The van der Waals surface area contributed by atoms with Crippen LogP contribution in [0, 0.1) is 0 Å². The second-order valence-electron chi connectivity index (χ2n) is 5.98. The van der Waals surface area contributed by atoms with E-state index < -0.39 is 0 Å². The first-order valence-electron chi connectivity index (χ1n) is 7.90. The van der Waals surface area contributed by atoms with Gasteiger partial charge < -0.3 is 15.0 Å². The van der Waals surface area contributed by atoms with E-state index in [0.29, 0.717) is 12.2 Å². The van der Waals surface area contributed by atoms with Crippen molar-refractivity contribution in [3.05, 3.63) is 17.3 Å². The Balaban J connectivity index is 1.63. The molecule has 4 rings (SSSR count). The molecular formula is C15H22N4OS. The van der Waals surface area contributed by atoms with Crippen molar-refractivity contribution in [2.75, 3.05) is 24.5 Å². The molecule has 2 fully saturated rings. The fourth-order valence-electron chi connectivity index (χ4n) is 3.41. The molecule has 2 saturated heterocycles. The maximum absolute atomic E-state index is 5.95. The van der Waals surface area contributed by atoms with E-state index in [1.807, 2.05) is 0 Å². The molecule has 6 heteroatoms. The van der Waals surface area contributed by atoms with Gasteiger partial charge in [-0.2, -0.15) is 0 Å². The average Bonchev–Trinajstić information content (AvgIpc) is 3.15. The van der Waals surface area contributed by atoms with Gasteiger partial charge in [-0.15, -0.1) is 11.3 Å². The number of hydrogen-bond donors (Lipinski definition) is 1. The first-order chi connectivity index (χ1) is 10.3. The number of thiazole rings is 1. The standard InChI is InChI=1S/C15H22N4OS/c1-2-5-16-8-13-14(17-15-19(13)6-7-21-15)18-9-11-3-4-12(10-18)20-11/h6-7,11-12,16H,2-5,8-10H2,1H3. The number of rotatable bonds is 5. The van der Waals surface area contributed by atoms with Gasteiger partial charge in [0.05, 0.1) is 17.9 Å². The van der Waals surface area contributed by atoms with Crippen LogP contribution in [0.5, 0.6) is 0 Å².